The Balaban J connectivity index is 2.32. The van der Waals surface area contributed by atoms with Gasteiger partial charge in [0.15, 0.2) is 0 Å². The molecule has 0 aromatic rings. The largest absolute Gasteiger partial charge is 0.480 e. The summed E-state index contributed by atoms with van der Waals surface area (Å²) in [7, 11) is 0. The minimum absolute atomic E-state index is 0.404. The SMILES string of the molecule is CC1(C)CCN(CC(Cl)C(=O)O)CC1. The monoisotopic (exact) mass is 219 g/mol. The van der Waals surface area contributed by atoms with Crippen molar-refractivity contribution in [3.8, 4) is 0 Å². The number of piperidine rings is 1. The van der Waals surface area contributed by atoms with Crippen molar-refractivity contribution in [1.82, 2.24) is 4.90 Å². The molecule has 0 saturated carbocycles. The van der Waals surface area contributed by atoms with Crippen LogP contribution in [-0.4, -0.2) is 41.0 Å². The van der Waals surface area contributed by atoms with Gasteiger partial charge in [0.2, 0.25) is 0 Å². The number of likely N-dealkylation sites (tertiary alicyclic amines) is 1. The fourth-order valence-corrected chi connectivity index (χ4v) is 1.84. The Hall–Kier alpha value is -0.280. The van der Waals surface area contributed by atoms with E-state index < -0.39 is 11.3 Å². The summed E-state index contributed by atoms with van der Waals surface area (Å²) in [5.74, 6) is -0.920. The van der Waals surface area contributed by atoms with Gasteiger partial charge in [-0.1, -0.05) is 13.8 Å². The number of aliphatic carboxylic acids is 1. The molecule has 1 unspecified atom stereocenters. The van der Waals surface area contributed by atoms with E-state index in [1.807, 2.05) is 0 Å². The van der Waals surface area contributed by atoms with Crippen molar-refractivity contribution in [3.05, 3.63) is 0 Å². The zero-order valence-electron chi connectivity index (χ0n) is 8.79. The zero-order chi connectivity index (χ0) is 10.8. The zero-order valence-corrected chi connectivity index (χ0v) is 9.55. The van der Waals surface area contributed by atoms with Crippen LogP contribution in [0.25, 0.3) is 0 Å². The Morgan fingerprint density at radius 1 is 1.50 bits per heavy atom. The van der Waals surface area contributed by atoms with Crippen LogP contribution in [0, 0.1) is 5.41 Å². The van der Waals surface area contributed by atoms with E-state index in [0.29, 0.717) is 12.0 Å². The van der Waals surface area contributed by atoms with E-state index in [0.717, 1.165) is 25.9 Å². The molecule has 0 spiro atoms. The van der Waals surface area contributed by atoms with Gasteiger partial charge in [0.1, 0.15) is 5.38 Å². The van der Waals surface area contributed by atoms with Crippen molar-refractivity contribution < 1.29 is 9.90 Å². The maximum atomic E-state index is 10.5. The Morgan fingerprint density at radius 3 is 2.43 bits per heavy atom. The topological polar surface area (TPSA) is 40.5 Å². The quantitative estimate of drug-likeness (QED) is 0.736. The molecule has 1 atom stereocenters. The summed E-state index contributed by atoms with van der Waals surface area (Å²) in [4.78, 5) is 12.7. The van der Waals surface area contributed by atoms with Gasteiger partial charge >= 0.3 is 5.97 Å². The third-order valence-electron chi connectivity index (χ3n) is 2.90. The van der Waals surface area contributed by atoms with Gasteiger partial charge in [0.25, 0.3) is 0 Å². The van der Waals surface area contributed by atoms with Gasteiger partial charge in [-0.25, -0.2) is 0 Å². The van der Waals surface area contributed by atoms with Crippen molar-refractivity contribution >= 4 is 17.6 Å². The van der Waals surface area contributed by atoms with E-state index in [4.69, 9.17) is 16.7 Å². The van der Waals surface area contributed by atoms with Crippen LogP contribution in [0.5, 0.6) is 0 Å². The molecule has 0 aliphatic carbocycles. The molecule has 1 N–H and O–H groups in total. The smallest absolute Gasteiger partial charge is 0.322 e. The molecule has 1 rings (SSSR count). The van der Waals surface area contributed by atoms with Crippen LogP contribution in [0.3, 0.4) is 0 Å². The second kappa shape index (κ2) is 4.49. The predicted octanol–water partition coefficient (Wildman–Crippen LogP) is 1.80. The van der Waals surface area contributed by atoms with Crippen LogP contribution in [0.2, 0.25) is 0 Å². The molecule has 14 heavy (non-hydrogen) atoms. The summed E-state index contributed by atoms with van der Waals surface area (Å²) >= 11 is 5.68. The molecule has 82 valence electrons. The van der Waals surface area contributed by atoms with Crippen molar-refractivity contribution in [2.45, 2.75) is 32.1 Å². The first kappa shape index (κ1) is 11.8. The Bertz CT molecular complexity index is 208. The number of rotatable bonds is 3. The van der Waals surface area contributed by atoms with Gasteiger partial charge in [0, 0.05) is 6.54 Å². The highest BCUT2D eigenvalue weighted by Crippen LogP contribution is 2.29. The lowest BCUT2D eigenvalue weighted by molar-refractivity contribution is -0.137. The van der Waals surface area contributed by atoms with Gasteiger partial charge in [-0.15, -0.1) is 11.6 Å². The molecule has 1 saturated heterocycles. The third kappa shape index (κ3) is 3.46. The number of halogens is 1. The van der Waals surface area contributed by atoms with Gasteiger partial charge in [-0.05, 0) is 31.3 Å². The maximum absolute atomic E-state index is 10.5. The number of carboxylic acid groups (broad SMARTS) is 1. The number of alkyl halides is 1. The number of hydrogen-bond donors (Lipinski definition) is 1. The summed E-state index contributed by atoms with van der Waals surface area (Å²) in [6.07, 6.45) is 2.24. The second-order valence-corrected chi connectivity index (χ2v) is 5.30. The summed E-state index contributed by atoms with van der Waals surface area (Å²) in [6.45, 7) is 6.89. The van der Waals surface area contributed by atoms with Crippen LogP contribution >= 0.6 is 11.6 Å². The highest BCUT2D eigenvalue weighted by molar-refractivity contribution is 6.29. The fourth-order valence-electron chi connectivity index (χ4n) is 1.65. The first-order chi connectivity index (χ1) is 6.41. The first-order valence-electron chi connectivity index (χ1n) is 5.00. The standard InChI is InChI=1S/C10H18ClNO2/c1-10(2)3-5-12(6-4-10)7-8(11)9(13)14/h8H,3-7H2,1-2H3,(H,13,14). The molecular weight excluding hydrogens is 202 g/mol. The lowest BCUT2D eigenvalue weighted by Crippen LogP contribution is -2.41. The average molecular weight is 220 g/mol. The van der Waals surface area contributed by atoms with Crippen LogP contribution in [0.4, 0.5) is 0 Å². The Morgan fingerprint density at radius 2 is 2.00 bits per heavy atom. The lowest BCUT2D eigenvalue weighted by atomic mass is 9.83. The molecule has 0 aromatic heterocycles. The molecule has 0 bridgehead atoms. The van der Waals surface area contributed by atoms with E-state index in [2.05, 4.69) is 18.7 Å². The summed E-state index contributed by atoms with van der Waals surface area (Å²) in [5.41, 5.74) is 0.404. The predicted molar refractivity (Wildman–Crippen MR) is 56.7 cm³/mol. The normalized spacial score (nSPS) is 24.5. The van der Waals surface area contributed by atoms with E-state index in [9.17, 15) is 4.79 Å². The number of nitrogens with zero attached hydrogens (tertiary/aromatic N) is 1. The first-order valence-corrected chi connectivity index (χ1v) is 5.44. The molecule has 0 aromatic carbocycles. The third-order valence-corrected chi connectivity index (χ3v) is 3.22. The molecule has 4 heteroatoms. The van der Waals surface area contributed by atoms with Crippen LogP contribution in [0.15, 0.2) is 0 Å². The molecule has 3 nitrogen and oxygen atoms in total. The van der Waals surface area contributed by atoms with Gasteiger partial charge in [0.05, 0.1) is 0 Å². The van der Waals surface area contributed by atoms with Gasteiger partial charge in [-0.3, -0.25) is 4.79 Å². The highest BCUT2D eigenvalue weighted by Gasteiger charge is 2.27. The van der Waals surface area contributed by atoms with E-state index >= 15 is 0 Å². The average Bonchev–Trinajstić information content (AvgIpc) is 2.08. The molecule has 1 aliphatic heterocycles. The Kier molecular flexibility index (Phi) is 3.78. The molecule has 0 radical (unpaired) electrons. The van der Waals surface area contributed by atoms with Crippen molar-refractivity contribution in [2.75, 3.05) is 19.6 Å². The summed E-state index contributed by atoms with van der Waals surface area (Å²) in [5, 5.41) is 7.89. The van der Waals surface area contributed by atoms with Crippen LogP contribution in [0.1, 0.15) is 26.7 Å². The minimum atomic E-state index is -0.920. The molecule has 1 fully saturated rings. The highest BCUT2D eigenvalue weighted by atomic mass is 35.5. The maximum Gasteiger partial charge on any atom is 0.322 e. The minimum Gasteiger partial charge on any atom is -0.480 e. The van der Waals surface area contributed by atoms with E-state index in [1.165, 1.54) is 0 Å². The van der Waals surface area contributed by atoms with Crippen molar-refractivity contribution in [2.24, 2.45) is 5.41 Å². The molecule has 1 aliphatic rings. The van der Waals surface area contributed by atoms with E-state index in [1.54, 1.807) is 0 Å². The summed E-state index contributed by atoms with van der Waals surface area (Å²) < 4.78 is 0. The van der Waals surface area contributed by atoms with E-state index in [-0.39, 0.29) is 0 Å². The van der Waals surface area contributed by atoms with Crippen molar-refractivity contribution in [3.63, 3.8) is 0 Å². The summed E-state index contributed by atoms with van der Waals surface area (Å²) in [6, 6.07) is 0. The second-order valence-electron chi connectivity index (χ2n) is 4.77. The fraction of sp³-hybridized carbons (Fsp3) is 0.900. The van der Waals surface area contributed by atoms with Crippen LogP contribution < -0.4 is 0 Å². The molecule has 0 amide bonds. The Labute approximate surface area is 90.0 Å². The number of carboxylic acids is 1. The van der Waals surface area contributed by atoms with Crippen LogP contribution in [-0.2, 0) is 4.79 Å². The number of carbonyl (C=O) groups is 1. The lowest BCUT2D eigenvalue weighted by Gasteiger charge is -2.37. The van der Waals surface area contributed by atoms with Gasteiger partial charge in [-0.2, -0.15) is 0 Å². The molecule has 1 heterocycles. The number of hydrogen-bond acceptors (Lipinski definition) is 2. The molecular formula is C10H18ClNO2. The van der Waals surface area contributed by atoms with Gasteiger partial charge < -0.3 is 10.0 Å². The van der Waals surface area contributed by atoms with Crippen molar-refractivity contribution in [1.29, 1.82) is 0 Å².